The highest BCUT2D eigenvalue weighted by Gasteiger charge is 2.15. The van der Waals surface area contributed by atoms with Crippen LogP contribution in [-0.4, -0.2) is 13.0 Å². The number of ether oxygens (including phenoxy) is 2. The predicted molar refractivity (Wildman–Crippen MR) is 130 cm³/mol. The van der Waals surface area contributed by atoms with Crippen LogP contribution < -0.4 is 14.8 Å². The van der Waals surface area contributed by atoms with Gasteiger partial charge in [0.2, 0.25) is 0 Å². The monoisotopic (exact) mass is 548 g/mol. The zero-order valence-corrected chi connectivity index (χ0v) is 20.3. The van der Waals surface area contributed by atoms with Gasteiger partial charge in [-0.1, -0.05) is 41.4 Å². The van der Waals surface area contributed by atoms with E-state index in [1.807, 2.05) is 6.07 Å². The van der Waals surface area contributed by atoms with Crippen LogP contribution in [0, 0.1) is 17.1 Å². The fourth-order valence-corrected chi connectivity index (χ4v) is 3.73. The Kier molecular flexibility index (Phi) is 8.34. The van der Waals surface area contributed by atoms with Crippen LogP contribution in [0.5, 0.6) is 11.5 Å². The molecule has 0 heterocycles. The number of halogens is 4. The molecule has 5 nitrogen and oxygen atoms in total. The summed E-state index contributed by atoms with van der Waals surface area (Å²) < 4.78 is 24.9. The van der Waals surface area contributed by atoms with Gasteiger partial charge in [-0.2, -0.15) is 5.26 Å². The molecule has 168 valence electrons. The van der Waals surface area contributed by atoms with Gasteiger partial charge in [0.15, 0.2) is 11.5 Å². The van der Waals surface area contributed by atoms with Crippen LogP contribution in [0.4, 0.5) is 10.1 Å². The Morgan fingerprint density at radius 2 is 1.94 bits per heavy atom. The van der Waals surface area contributed by atoms with Crippen molar-refractivity contribution in [2.45, 2.75) is 6.61 Å². The largest absolute Gasteiger partial charge is 0.493 e. The van der Waals surface area contributed by atoms with Crippen molar-refractivity contribution in [3.05, 3.63) is 91.6 Å². The molecule has 0 fully saturated rings. The SMILES string of the molecule is COc1cc(/C=C(/C#N)C(=O)Nc2cccc(Cl)c2Cl)cc(Br)c1OCc1ccc(F)cc1. The van der Waals surface area contributed by atoms with E-state index in [1.54, 1.807) is 42.5 Å². The first-order valence-electron chi connectivity index (χ1n) is 9.44. The van der Waals surface area contributed by atoms with E-state index in [-0.39, 0.29) is 28.0 Å². The molecule has 1 N–H and O–H groups in total. The van der Waals surface area contributed by atoms with Gasteiger partial charge in [0, 0.05) is 0 Å². The minimum absolute atomic E-state index is 0.153. The molecule has 0 spiro atoms. The van der Waals surface area contributed by atoms with E-state index in [0.29, 0.717) is 27.2 Å². The number of amides is 1. The number of nitrogens with zero attached hydrogens (tertiary/aromatic N) is 1. The van der Waals surface area contributed by atoms with Crippen molar-refractivity contribution in [2.75, 3.05) is 12.4 Å². The van der Waals surface area contributed by atoms with Crippen molar-refractivity contribution in [2.24, 2.45) is 0 Å². The second kappa shape index (κ2) is 11.2. The topological polar surface area (TPSA) is 71.3 Å². The van der Waals surface area contributed by atoms with Gasteiger partial charge < -0.3 is 14.8 Å². The van der Waals surface area contributed by atoms with E-state index < -0.39 is 5.91 Å². The summed E-state index contributed by atoms with van der Waals surface area (Å²) in [6, 6.07) is 15.9. The molecule has 3 aromatic rings. The number of carbonyl (C=O) groups is 1. The third-order valence-corrected chi connectivity index (χ3v) is 5.83. The summed E-state index contributed by atoms with van der Waals surface area (Å²) in [7, 11) is 1.47. The normalized spacial score (nSPS) is 11.0. The van der Waals surface area contributed by atoms with Crippen molar-refractivity contribution in [3.8, 4) is 17.6 Å². The van der Waals surface area contributed by atoms with Gasteiger partial charge in [-0.25, -0.2) is 4.39 Å². The zero-order chi connectivity index (χ0) is 24.0. The number of nitriles is 1. The predicted octanol–water partition coefficient (Wildman–Crippen LogP) is 7.03. The van der Waals surface area contributed by atoms with Crippen LogP contribution in [0.15, 0.2) is 64.6 Å². The van der Waals surface area contributed by atoms with Crippen LogP contribution in [0.25, 0.3) is 6.08 Å². The number of benzene rings is 3. The summed E-state index contributed by atoms with van der Waals surface area (Å²) in [4.78, 5) is 12.6. The Morgan fingerprint density at radius 1 is 1.21 bits per heavy atom. The molecule has 0 atom stereocenters. The summed E-state index contributed by atoms with van der Waals surface area (Å²) >= 11 is 15.5. The number of anilines is 1. The van der Waals surface area contributed by atoms with E-state index in [1.165, 1.54) is 25.3 Å². The lowest BCUT2D eigenvalue weighted by atomic mass is 10.1. The van der Waals surface area contributed by atoms with Gasteiger partial charge in [0.05, 0.1) is 27.3 Å². The van der Waals surface area contributed by atoms with E-state index in [2.05, 4.69) is 21.2 Å². The molecule has 0 unspecified atom stereocenters. The van der Waals surface area contributed by atoms with Crippen molar-refractivity contribution in [1.29, 1.82) is 5.26 Å². The van der Waals surface area contributed by atoms with Crippen molar-refractivity contribution in [1.82, 2.24) is 0 Å². The fraction of sp³-hybridized carbons (Fsp3) is 0.0833. The highest BCUT2D eigenvalue weighted by atomic mass is 79.9. The van der Waals surface area contributed by atoms with E-state index in [4.69, 9.17) is 32.7 Å². The maximum Gasteiger partial charge on any atom is 0.266 e. The van der Waals surface area contributed by atoms with Crippen molar-refractivity contribution < 1.29 is 18.7 Å². The average molecular weight is 550 g/mol. The molecule has 3 rings (SSSR count). The standard InChI is InChI=1S/C24H16BrCl2FN2O3/c1-32-21-11-15(10-18(25)23(21)33-13-14-5-7-17(28)8-6-14)9-16(12-29)24(31)30-20-4-2-3-19(26)22(20)27/h2-11H,13H2,1H3,(H,30,31)/b16-9-. The highest BCUT2D eigenvalue weighted by Crippen LogP contribution is 2.38. The van der Waals surface area contributed by atoms with Crippen LogP contribution in [0.3, 0.4) is 0 Å². The molecule has 9 heteroatoms. The highest BCUT2D eigenvalue weighted by molar-refractivity contribution is 9.10. The summed E-state index contributed by atoms with van der Waals surface area (Å²) in [5, 5.41) is 12.5. The van der Waals surface area contributed by atoms with E-state index >= 15 is 0 Å². The molecule has 0 saturated heterocycles. The van der Waals surface area contributed by atoms with Crippen molar-refractivity contribution in [3.63, 3.8) is 0 Å². The van der Waals surface area contributed by atoms with E-state index in [9.17, 15) is 14.4 Å². The summed E-state index contributed by atoms with van der Waals surface area (Å²) in [5.74, 6) is -0.169. The maximum atomic E-state index is 13.1. The molecular weight excluding hydrogens is 534 g/mol. The van der Waals surface area contributed by atoms with Crippen molar-refractivity contribution >= 4 is 56.8 Å². The number of rotatable bonds is 7. The molecule has 33 heavy (non-hydrogen) atoms. The first-order chi connectivity index (χ1) is 15.8. The second-order valence-electron chi connectivity index (χ2n) is 6.67. The first kappa shape index (κ1) is 24.6. The summed E-state index contributed by atoms with van der Waals surface area (Å²) in [6.07, 6.45) is 1.41. The van der Waals surface area contributed by atoms with Gasteiger partial charge in [0.25, 0.3) is 5.91 Å². The Morgan fingerprint density at radius 3 is 2.61 bits per heavy atom. The second-order valence-corrected chi connectivity index (χ2v) is 8.31. The van der Waals surface area contributed by atoms with Crippen LogP contribution >= 0.6 is 39.1 Å². The number of carbonyl (C=O) groups excluding carboxylic acids is 1. The molecule has 0 aliphatic carbocycles. The van der Waals surface area contributed by atoms with Gasteiger partial charge in [0.1, 0.15) is 24.1 Å². The fourth-order valence-electron chi connectivity index (χ4n) is 2.80. The lowest BCUT2D eigenvalue weighted by molar-refractivity contribution is -0.112. The molecule has 0 aliphatic rings. The summed E-state index contributed by atoms with van der Waals surface area (Å²) in [5.41, 5.74) is 1.44. The molecule has 3 aromatic carbocycles. The Labute approximate surface area is 208 Å². The minimum Gasteiger partial charge on any atom is -0.493 e. The Balaban J connectivity index is 1.83. The number of nitrogens with one attached hydrogen (secondary N) is 1. The van der Waals surface area contributed by atoms with Crippen LogP contribution in [0.1, 0.15) is 11.1 Å². The number of methoxy groups -OCH3 is 1. The maximum absolute atomic E-state index is 13.1. The Bertz CT molecular complexity index is 1260. The van der Waals surface area contributed by atoms with E-state index in [0.717, 1.165) is 5.56 Å². The molecule has 1 amide bonds. The van der Waals surface area contributed by atoms with Crippen LogP contribution in [-0.2, 0) is 11.4 Å². The lowest BCUT2D eigenvalue weighted by Crippen LogP contribution is -2.13. The molecule has 0 radical (unpaired) electrons. The zero-order valence-electron chi connectivity index (χ0n) is 17.2. The van der Waals surface area contributed by atoms with Gasteiger partial charge in [-0.05, 0) is 69.5 Å². The third-order valence-electron chi connectivity index (χ3n) is 4.42. The Hall–Kier alpha value is -3.05. The smallest absolute Gasteiger partial charge is 0.266 e. The van der Waals surface area contributed by atoms with Gasteiger partial charge in [-0.3, -0.25) is 4.79 Å². The molecule has 0 saturated carbocycles. The molecule has 0 aromatic heterocycles. The third kappa shape index (κ3) is 6.26. The summed E-state index contributed by atoms with van der Waals surface area (Å²) in [6.45, 7) is 0.191. The average Bonchev–Trinajstić information content (AvgIpc) is 2.80. The number of hydrogen-bond acceptors (Lipinski definition) is 4. The quantitative estimate of drug-likeness (QED) is 0.254. The minimum atomic E-state index is -0.645. The van der Waals surface area contributed by atoms with Gasteiger partial charge in [-0.15, -0.1) is 0 Å². The number of hydrogen-bond donors (Lipinski definition) is 1. The van der Waals surface area contributed by atoms with Crippen LogP contribution in [0.2, 0.25) is 10.0 Å². The molecular formula is C24H16BrCl2FN2O3. The lowest BCUT2D eigenvalue weighted by Gasteiger charge is -2.14. The molecule has 0 aliphatic heterocycles. The first-order valence-corrected chi connectivity index (χ1v) is 11.0. The van der Waals surface area contributed by atoms with Gasteiger partial charge >= 0.3 is 0 Å². The molecule has 0 bridgehead atoms.